The van der Waals surface area contributed by atoms with Crippen molar-refractivity contribution in [2.24, 2.45) is 10.9 Å². The predicted octanol–water partition coefficient (Wildman–Crippen LogP) is 0.0282. The van der Waals surface area contributed by atoms with E-state index < -0.39 is 10.2 Å². The lowest BCUT2D eigenvalue weighted by atomic mass is 10.4. The van der Waals surface area contributed by atoms with Gasteiger partial charge in [0, 0.05) is 19.1 Å². The quantitative estimate of drug-likeness (QED) is 0.306. The van der Waals surface area contributed by atoms with Gasteiger partial charge >= 0.3 is 0 Å². The first-order valence-corrected chi connectivity index (χ1v) is 6.75. The van der Waals surface area contributed by atoms with E-state index in [2.05, 4.69) is 5.16 Å². The number of nitrogens with two attached hydrogens (primary N) is 1. The second-order valence-electron chi connectivity index (χ2n) is 4.35. The first-order valence-electron chi connectivity index (χ1n) is 5.35. The third kappa shape index (κ3) is 4.14. The van der Waals surface area contributed by atoms with Gasteiger partial charge in [0.05, 0.1) is 6.54 Å². The van der Waals surface area contributed by atoms with Crippen LogP contribution in [0.2, 0.25) is 0 Å². The average Bonchev–Trinajstić information content (AvgIpc) is 2.23. The zero-order valence-corrected chi connectivity index (χ0v) is 11.8. The molecule has 0 aliphatic rings. The molecule has 0 bridgehead atoms. The third-order valence-electron chi connectivity index (χ3n) is 2.41. The molecule has 0 heterocycles. The number of oxime groups is 1. The highest BCUT2D eigenvalue weighted by Crippen LogP contribution is 2.13. The number of nitrogens with zero attached hydrogens (tertiary/aromatic N) is 3. The van der Waals surface area contributed by atoms with Crippen LogP contribution in [0.4, 0.5) is 0 Å². The van der Waals surface area contributed by atoms with E-state index in [4.69, 9.17) is 10.9 Å². The Hall–Kier alpha value is -0.860. The minimum Gasteiger partial charge on any atom is -0.409 e. The van der Waals surface area contributed by atoms with E-state index >= 15 is 0 Å². The molecule has 0 aliphatic carbocycles. The molecule has 0 aromatic rings. The third-order valence-corrected chi connectivity index (χ3v) is 4.70. The Kier molecular flexibility index (Phi) is 5.86. The molecule has 0 spiro atoms. The maximum atomic E-state index is 12.2. The molecule has 102 valence electrons. The number of hydrogen-bond donors (Lipinski definition) is 2. The van der Waals surface area contributed by atoms with E-state index in [0.717, 1.165) is 0 Å². The Morgan fingerprint density at radius 2 is 1.76 bits per heavy atom. The lowest BCUT2D eigenvalue weighted by Gasteiger charge is -2.31. The minimum atomic E-state index is -3.61. The van der Waals surface area contributed by atoms with Crippen LogP contribution in [0, 0.1) is 0 Å². The molecular formula is C9H22N4O3S. The monoisotopic (exact) mass is 266 g/mol. The SMILES string of the molecule is CC(C)N(C)S(=O)(=O)N(CC(N)=NO)C(C)C. The minimum absolute atomic E-state index is 0.131. The van der Waals surface area contributed by atoms with Gasteiger partial charge in [-0.15, -0.1) is 0 Å². The Balaban J connectivity index is 5.20. The van der Waals surface area contributed by atoms with E-state index in [0.29, 0.717) is 0 Å². The molecule has 0 aromatic carbocycles. The van der Waals surface area contributed by atoms with Gasteiger partial charge < -0.3 is 10.9 Å². The van der Waals surface area contributed by atoms with Gasteiger partial charge in [-0.25, -0.2) is 0 Å². The molecule has 0 atom stereocenters. The Bertz CT molecular complexity index is 364. The fourth-order valence-corrected chi connectivity index (χ4v) is 2.85. The Morgan fingerprint density at radius 3 is 2.06 bits per heavy atom. The van der Waals surface area contributed by atoms with Crippen LogP contribution in [0.15, 0.2) is 5.16 Å². The molecule has 0 unspecified atom stereocenters. The average molecular weight is 266 g/mol. The molecular weight excluding hydrogens is 244 g/mol. The predicted molar refractivity (Wildman–Crippen MR) is 67.1 cm³/mol. The van der Waals surface area contributed by atoms with Gasteiger partial charge in [-0.3, -0.25) is 0 Å². The van der Waals surface area contributed by atoms with Gasteiger partial charge in [-0.1, -0.05) is 5.16 Å². The fourth-order valence-electron chi connectivity index (χ4n) is 1.15. The molecule has 0 fully saturated rings. The lowest BCUT2D eigenvalue weighted by Crippen LogP contribution is -2.50. The topological polar surface area (TPSA) is 99.2 Å². The van der Waals surface area contributed by atoms with E-state index in [1.807, 2.05) is 0 Å². The van der Waals surface area contributed by atoms with Gasteiger partial charge in [-0.2, -0.15) is 17.0 Å². The van der Waals surface area contributed by atoms with Gasteiger partial charge in [0.2, 0.25) is 0 Å². The molecule has 7 nitrogen and oxygen atoms in total. The Morgan fingerprint density at radius 1 is 1.29 bits per heavy atom. The van der Waals surface area contributed by atoms with E-state index in [9.17, 15) is 8.42 Å². The number of hydrogen-bond acceptors (Lipinski definition) is 4. The summed E-state index contributed by atoms with van der Waals surface area (Å²) in [5.74, 6) is -0.139. The smallest absolute Gasteiger partial charge is 0.282 e. The van der Waals surface area contributed by atoms with Crippen molar-refractivity contribution in [3.63, 3.8) is 0 Å². The summed E-state index contributed by atoms with van der Waals surface area (Å²) in [5, 5.41) is 11.3. The van der Waals surface area contributed by atoms with Crippen molar-refractivity contribution in [2.75, 3.05) is 13.6 Å². The van der Waals surface area contributed by atoms with Crippen molar-refractivity contribution in [2.45, 2.75) is 39.8 Å². The maximum absolute atomic E-state index is 12.2. The lowest BCUT2D eigenvalue weighted by molar-refractivity contribution is 0.303. The molecule has 0 amide bonds. The first kappa shape index (κ1) is 16.1. The molecule has 8 heteroatoms. The second kappa shape index (κ2) is 6.18. The summed E-state index contributed by atoms with van der Waals surface area (Å²) in [5.41, 5.74) is 5.36. The summed E-state index contributed by atoms with van der Waals surface area (Å²) in [6, 6.07) is -0.435. The van der Waals surface area contributed by atoms with Gasteiger partial charge in [0.15, 0.2) is 5.84 Å². The molecule has 0 aliphatic heterocycles. The molecule has 3 N–H and O–H groups in total. The van der Waals surface area contributed by atoms with Crippen molar-refractivity contribution in [1.82, 2.24) is 8.61 Å². The fraction of sp³-hybridized carbons (Fsp3) is 0.889. The summed E-state index contributed by atoms with van der Waals surface area (Å²) in [6.07, 6.45) is 0. The molecule has 17 heavy (non-hydrogen) atoms. The van der Waals surface area contributed by atoms with Crippen LogP contribution >= 0.6 is 0 Å². The molecule has 0 radical (unpaired) electrons. The normalized spacial score (nSPS) is 14.3. The van der Waals surface area contributed by atoms with Crippen LogP contribution in [0.3, 0.4) is 0 Å². The van der Waals surface area contributed by atoms with Crippen molar-refractivity contribution < 1.29 is 13.6 Å². The van der Waals surface area contributed by atoms with Crippen molar-refractivity contribution in [3.8, 4) is 0 Å². The molecule has 0 saturated carbocycles. The van der Waals surface area contributed by atoms with E-state index in [1.54, 1.807) is 27.7 Å². The summed E-state index contributed by atoms with van der Waals surface area (Å²) in [7, 11) is -2.11. The van der Waals surface area contributed by atoms with Crippen LogP contribution in [0.1, 0.15) is 27.7 Å². The van der Waals surface area contributed by atoms with Crippen LogP contribution < -0.4 is 5.73 Å². The van der Waals surface area contributed by atoms with E-state index in [-0.39, 0.29) is 24.5 Å². The van der Waals surface area contributed by atoms with Crippen molar-refractivity contribution in [1.29, 1.82) is 0 Å². The maximum Gasteiger partial charge on any atom is 0.282 e. The second-order valence-corrected chi connectivity index (χ2v) is 6.29. The molecule has 0 rings (SSSR count). The number of rotatable bonds is 6. The highest BCUT2D eigenvalue weighted by atomic mass is 32.2. The van der Waals surface area contributed by atoms with Gasteiger partial charge in [-0.05, 0) is 27.7 Å². The van der Waals surface area contributed by atoms with Crippen LogP contribution in [-0.4, -0.2) is 53.7 Å². The van der Waals surface area contributed by atoms with Gasteiger partial charge in [0.25, 0.3) is 10.2 Å². The van der Waals surface area contributed by atoms with Crippen molar-refractivity contribution >= 4 is 16.0 Å². The highest BCUT2D eigenvalue weighted by molar-refractivity contribution is 7.86. The van der Waals surface area contributed by atoms with Crippen molar-refractivity contribution in [3.05, 3.63) is 0 Å². The van der Waals surface area contributed by atoms with Crippen LogP contribution in [-0.2, 0) is 10.2 Å². The standard InChI is InChI=1S/C9H22N4O3S/c1-7(2)12(5)17(15,16)13(8(3)4)6-9(10)11-14/h7-8,14H,6H2,1-5H3,(H2,10,11). The zero-order chi connectivity index (χ0) is 13.8. The van der Waals surface area contributed by atoms with Gasteiger partial charge in [0.1, 0.15) is 0 Å². The first-order chi connectivity index (χ1) is 7.64. The number of amidine groups is 1. The largest absolute Gasteiger partial charge is 0.409 e. The highest BCUT2D eigenvalue weighted by Gasteiger charge is 2.31. The Labute approximate surface area is 103 Å². The van der Waals surface area contributed by atoms with Crippen LogP contribution in [0.5, 0.6) is 0 Å². The van der Waals surface area contributed by atoms with E-state index in [1.165, 1.54) is 15.7 Å². The van der Waals surface area contributed by atoms with Crippen LogP contribution in [0.25, 0.3) is 0 Å². The zero-order valence-electron chi connectivity index (χ0n) is 11.0. The summed E-state index contributed by atoms with van der Waals surface area (Å²) in [6.45, 7) is 6.89. The molecule has 0 saturated heterocycles. The summed E-state index contributed by atoms with van der Waals surface area (Å²) >= 11 is 0. The summed E-state index contributed by atoms with van der Waals surface area (Å²) < 4.78 is 26.9. The summed E-state index contributed by atoms with van der Waals surface area (Å²) in [4.78, 5) is 0. The molecule has 0 aromatic heterocycles.